The molecule has 2 aromatic carbocycles. The van der Waals surface area contributed by atoms with E-state index in [0.29, 0.717) is 31.6 Å². The Morgan fingerprint density at radius 1 is 1.17 bits per heavy atom. The van der Waals surface area contributed by atoms with E-state index in [-0.39, 0.29) is 6.03 Å². The molecule has 0 bridgehead atoms. The van der Waals surface area contributed by atoms with Gasteiger partial charge >= 0.3 is 6.03 Å². The van der Waals surface area contributed by atoms with Crippen molar-refractivity contribution >= 4 is 22.8 Å². The molecular formula is C28H38N6O. The molecule has 2 heterocycles. The van der Waals surface area contributed by atoms with Crippen LogP contribution in [-0.2, 0) is 26.2 Å². The van der Waals surface area contributed by atoms with Crippen LogP contribution in [-0.4, -0.2) is 39.6 Å². The van der Waals surface area contributed by atoms with Crippen LogP contribution in [0.25, 0.3) is 11.0 Å². The molecule has 7 nitrogen and oxygen atoms in total. The number of nitrogens with two attached hydrogens (primary N) is 1. The van der Waals surface area contributed by atoms with Gasteiger partial charge in [-0.2, -0.15) is 0 Å². The summed E-state index contributed by atoms with van der Waals surface area (Å²) in [5, 5.41) is 3.46. The molecule has 3 aromatic rings. The number of rotatable bonds is 11. The number of anilines is 1. The lowest BCUT2D eigenvalue weighted by Crippen LogP contribution is -2.48. The molecule has 1 fully saturated rings. The Kier molecular flexibility index (Phi) is 7.07. The highest BCUT2D eigenvalue weighted by molar-refractivity contribution is 5.95. The van der Waals surface area contributed by atoms with E-state index in [1.807, 2.05) is 11.0 Å². The number of amides is 2. The summed E-state index contributed by atoms with van der Waals surface area (Å²) >= 11 is 0. The van der Waals surface area contributed by atoms with Gasteiger partial charge in [-0.25, -0.2) is 9.78 Å². The topological polar surface area (TPSA) is 79.4 Å². The van der Waals surface area contributed by atoms with Gasteiger partial charge in [0.1, 0.15) is 5.82 Å². The summed E-state index contributed by atoms with van der Waals surface area (Å²) in [6.07, 6.45) is 4.26. The van der Waals surface area contributed by atoms with Crippen molar-refractivity contribution in [1.82, 2.24) is 19.8 Å². The van der Waals surface area contributed by atoms with Crippen LogP contribution in [0, 0.1) is 5.92 Å². The Hall–Kier alpha value is -2.90. The molecule has 1 aromatic heterocycles. The van der Waals surface area contributed by atoms with Crippen LogP contribution in [0.4, 0.5) is 10.5 Å². The lowest BCUT2D eigenvalue weighted by atomic mass is 10.1. The highest BCUT2D eigenvalue weighted by Gasteiger charge is 2.39. The van der Waals surface area contributed by atoms with Crippen molar-refractivity contribution < 1.29 is 4.79 Å². The normalized spacial score (nSPS) is 15.9. The lowest BCUT2D eigenvalue weighted by Gasteiger charge is -2.37. The molecule has 0 saturated heterocycles. The number of fused-ring (bicyclic) bond motifs is 2. The zero-order valence-electron chi connectivity index (χ0n) is 21.0. The number of carbonyl (C=O) groups is 1. The summed E-state index contributed by atoms with van der Waals surface area (Å²) < 4.78 is 2.33. The van der Waals surface area contributed by atoms with E-state index >= 15 is 0 Å². The monoisotopic (exact) mass is 474 g/mol. The minimum absolute atomic E-state index is 0.110. The van der Waals surface area contributed by atoms with Gasteiger partial charge in [0.25, 0.3) is 0 Å². The third kappa shape index (κ3) is 5.21. The average Bonchev–Trinajstić information content (AvgIpc) is 3.64. The molecule has 0 atom stereocenters. The van der Waals surface area contributed by atoms with Gasteiger partial charge in [0.2, 0.25) is 0 Å². The molecule has 1 aliphatic heterocycles. The van der Waals surface area contributed by atoms with Gasteiger partial charge in [-0.3, -0.25) is 4.90 Å². The number of hydrogen-bond donors (Lipinski definition) is 2. The maximum atomic E-state index is 13.6. The number of nitrogens with zero attached hydrogens (tertiary/aromatic N) is 4. The number of hydrogen-bond acceptors (Lipinski definition) is 4. The highest BCUT2D eigenvalue weighted by atomic mass is 16.2. The van der Waals surface area contributed by atoms with Gasteiger partial charge in [0, 0.05) is 25.7 Å². The van der Waals surface area contributed by atoms with Crippen molar-refractivity contribution in [3.05, 3.63) is 59.4 Å². The SMILES string of the molecule is CC(C)CCn1c(CN2C(=O)N(C3CC3)Cc3ccccc32)nc2cc(CNCCCN)ccc21. The van der Waals surface area contributed by atoms with E-state index in [2.05, 4.69) is 65.0 Å². The molecule has 2 amide bonds. The Balaban J connectivity index is 1.47. The van der Waals surface area contributed by atoms with Gasteiger partial charge < -0.3 is 20.5 Å². The number of nitrogens with one attached hydrogen (secondary N) is 1. The van der Waals surface area contributed by atoms with E-state index < -0.39 is 0 Å². The fourth-order valence-electron chi connectivity index (χ4n) is 4.94. The van der Waals surface area contributed by atoms with E-state index in [1.54, 1.807) is 0 Å². The fraction of sp³-hybridized carbons (Fsp3) is 0.500. The van der Waals surface area contributed by atoms with Crippen LogP contribution in [0.2, 0.25) is 0 Å². The minimum atomic E-state index is 0.110. The Bertz CT molecular complexity index is 1180. The minimum Gasteiger partial charge on any atom is -0.330 e. The van der Waals surface area contributed by atoms with Gasteiger partial charge in [-0.15, -0.1) is 0 Å². The standard InChI is InChI=1S/C28H38N6O/c1-20(2)12-15-32-26-11-8-21(17-30-14-5-13-29)16-24(26)31-27(32)19-34-25-7-4-3-6-22(25)18-33(28(34)35)23-9-10-23/h3-4,6-8,11,16,20,23,30H,5,9-10,12-15,17-19,29H2,1-2H3. The summed E-state index contributed by atoms with van der Waals surface area (Å²) in [7, 11) is 0. The fourth-order valence-corrected chi connectivity index (χ4v) is 4.94. The number of imidazole rings is 1. The first-order valence-electron chi connectivity index (χ1n) is 13.1. The Labute approximate surface area is 208 Å². The van der Waals surface area contributed by atoms with Crippen LogP contribution in [0.1, 0.15) is 56.5 Å². The van der Waals surface area contributed by atoms with Crippen molar-refractivity contribution in [2.45, 2.75) is 71.8 Å². The predicted molar refractivity (Wildman–Crippen MR) is 141 cm³/mol. The van der Waals surface area contributed by atoms with Crippen LogP contribution in [0.3, 0.4) is 0 Å². The highest BCUT2D eigenvalue weighted by Crippen LogP contribution is 2.37. The molecule has 3 N–H and O–H groups in total. The smallest absolute Gasteiger partial charge is 0.325 e. The van der Waals surface area contributed by atoms with Crippen molar-refractivity contribution in [2.75, 3.05) is 18.0 Å². The number of urea groups is 1. The van der Waals surface area contributed by atoms with E-state index in [4.69, 9.17) is 10.7 Å². The quantitative estimate of drug-likeness (QED) is 0.397. The first kappa shape index (κ1) is 23.8. The summed E-state index contributed by atoms with van der Waals surface area (Å²) in [5.41, 5.74) is 11.2. The Morgan fingerprint density at radius 2 is 2.00 bits per heavy atom. The van der Waals surface area contributed by atoms with Crippen LogP contribution >= 0.6 is 0 Å². The second kappa shape index (κ2) is 10.4. The Morgan fingerprint density at radius 3 is 2.77 bits per heavy atom. The number of aryl methyl sites for hydroxylation is 1. The van der Waals surface area contributed by atoms with E-state index in [1.165, 1.54) is 11.1 Å². The predicted octanol–water partition coefficient (Wildman–Crippen LogP) is 4.63. The van der Waals surface area contributed by atoms with Gasteiger partial charge in [0.05, 0.1) is 23.3 Å². The lowest BCUT2D eigenvalue weighted by molar-refractivity contribution is 0.194. The first-order chi connectivity index (χ1) is 17.0. The van der Waals surface area contributed by atoms with E-state index in [9.17, 15) is 4.79 Å². The summed E-state index contributed by atoms with van der Waals surface area (Å²) in [5.74, 6) is 1.55. The second-order valence-electron chi connectivity index (χ2n) is 10.4. The van der Waals surface area contributed by atoms with Crippen molar-refractivity contribution in [3.8, 4) is 0 Å². The zero-order valence-corrected chi connectivity index (χ0v) is 21.0. The largest absolute Gasteiger partial charge is 0.330 e. The van der Waals surface area contributed by atoms with Gasteiger partial charge in [-0.1, -0.05) is 38.1 Å². The van der Waals surface area contributed by atoms with E-state index in [0.717, 1.165) is 67.9 Å². The van der Waals surface area contributed by atoms with Gasteiger partial charge in [-0.05, 0) is 74.0 Å². The molecule has 5 rings (SSSR count). The summed E-state index contributed by atoms with van der Waals surface area (Å²) in [4.78, 5) is 22.7. The third-order valence-corrected chi connectivity index (χ3v) is 7.10. The number of carbonyl (C=O) groups excluding carboxylic acids is 1. The zero-order chi connectivity index (χ0) is 24.4. The summed E-state index contributed by atoms with van der Waals surface area (Å²) in [6, 6.07) is 15.4. The molecular weight excluding hydrogens is 436 g/mol. The van der Waals surface area contributed by atoms with Crippen molar-refractivity contribution in [1.29, 1.82) is 0 Å². The molecule has 186 valence electrons. The first-order valence-corrected chi connectivity index (χ1v) is 13.1. The molecule has 1 aliphatic carbocycles. The van der Waals surface area contributed by atoms with Crippen LogP contribution < -0.4 is 16.0 Å². The molecule has 7 heteroatoms. The van der Waals surface area contributed by atoms with Crippen molar-refractivity contribution in [2.24, 2.45) is 11.7 Å². The van der Waals surface area contributed by atoms with Crippen LogP contribution in [0.15, 0.2) is 42.5 Å². The number of aromatic nitrogens is 2. The number of para-hydroxylation sites is 1. The molecule has 2 aliphatic rings. The average molecular weight is 475 g/mol. The molecule has 0 radical (unpaired) electrons. The maximum Gasteiger partial charge on any atom is 0.325 e. The molecule has 35 heavy (non-hydrogen) atoms. The van der Waals surface area contributed by atoms with Crippen molar-refractivity contribution in [3.63, 3.8) is 0 Å². The number of benzene rings is 2. The molecule has 0 unspecified atom stereocenters. The van der Waals surface area contributed by atoms with Gasteiger partial charge in [0.15, 0.2) is 0 Å². The maximum absolute atomic E-state index is 13.6. The molecule has 1 saturated carbocycles. The third-order valence-electron chi connectivity index (χ3n) is 7.10. The molecule has 0 spiro atoms. The second-order valence-corrected chi connectivity index (χ2v) is 10.4. The summed E-state index contributed by atoms with van der Waals surface area (Å²) in [6.45, 7) is 9.01. The van der Waals surface area contributed by atoms with Crippen LogP contribution in [0.5, 0.6) is 0 Å².